The number of esters is 2. The average molecular weight is 324 g/mol. The van der Waals surface area contributed by atoms with E-state index in [4.69, 9.17) is 9.47 Å². The van der Waals surface area contributed by atoms with E-state index >= 15 is 0 Å². The molecule has 0 N–H and O–H groups in total. The summed E-state index contributed by atoms with van der Waals surface area (Å²) in [6.45, 7) is 2.18. The summed E-state index contributed by atoms with van der Waals surface area (Å²) in [7, 11) is 0. The van der Waals surface area contributed by atoms with Gasteiger partial charge in [0.2, 0.25) is 0 Å². The molecule has 1 aliphatic heterocycles. The van der Waals surface area contributed by atoms with Gasteiger partial charge in [0.05, 0.1) is 12.0 Å². The number of benzene rings is 2. The van der Waals surface area contributed by atoms with Crippen molar-refractivity contribution in [2.45, 2.75) is 39.0 Å². The van der Waals surface area contributed by atoms with E-state index in [1.54, 1.807) is 30.3 Å². The van der Waals surface area contributed by atoms with Gasteiger partial charge in [-0.05, 0) is 48.7 Å². The molecule has 0 fully saturated rings. The first-order valence-electron chi connectivity index (χ1n) is 8.30. The highest BCUT2D eigenvalue weighted by atomic mass is 16.5. The molecule has 0 spiro atoms. The van der Waals surface area contributed by atoms with Crippen LogP contribution in [0.4, 0.5) is 0 Å². The smallest absolute Gasteiger partial charge is 0.343 e. The quantitative estimate of drug-likeness (QED) is 0.456. The van der Waals surface area contributed by atoms with Gasteiger partial charge in [-0.2, -0.15) is 0 Å². The number of hydrogen-bond acceptors (Lipinski definition) is 4. The minimum Gasteiger partial charge on any atom is -0.426 e. The molecular weight excluding hydrogens is 304 g/mol. The highest BCUT2D eigenvalue weighted by Gasteiger charge is 2.21. The van der Waals surface area contributed by atoms with Crippen LogP contribution in [0.25, 0.3) is 0 Å². The largest absolute Gasteiger partial charge is 0.426 e. The van der Waals surface area contributed by atoms with Crippen molar-refractivity contribution in [1.29, 1.82) is 0 Å². The van der Waals surface area contributed by atoms with E-state index in [-0.39, 0.29) is 12.4 Å². The highest BCUT2D eigenvalue weighted by Crippen LogP contribution is 2.29. The zero-order valence-electron chi connectivity index (χ0n) is 13.7. The summed E-state index contributed by atoms with van der Waals surface area (Å²) in [6.07, 6.45) is 4.82. The van der Waals surface area contributed by atoms with Gasteiger partial charge in [-0.3, -0.25) is 4.79 Å². The van der Waals surface area contributed by atoms with Crippen LogP contribution in [0.1, 0.15) is 47.7 Å². The van der Waals surface area contributed by atoms with Gasteiger partial charge in [-0.15, -0.1) is 0 Å². The lowest BCUT2D eigenvalue weighted by atomic mass is 10.1. The molecule has 2 aromatic carbocycles. The van der Waals surface area contributed by atoms with Gasteiger partial charge < -0.3 is 9.47 Å². The summed E-state index contributed by atoms with van der Waals surface area (Å²) in [5.41, 5.74) is 2.49. The maximum Gasteiger partial charge on any atom is 0.343 e. The third-order valence-electron chi connectivity index (χ3n) is 4.06. The maximum atomic E-state index is 12.2. The van der Waals surface area contributed by atoms with Gasteiger partial charge >= 0.3 is 11.9 Å². The van der Waals surface area contributed by atoms with Gasteiger partial charge in [0.1, 0.15) is 11.5 Å². The Labute approximate surface area is 141 Å². The molecule has 4 nitrogen and oxygen atoms in total. The van der Waals surface area contributed by atoms with Crippen LogP contribution in [-0.2, 0) is 17.6 Å². The van der Waals surface area contributed by atoms with Crippen molar-refractivity contribution in [3.63, 3.8) is 0 Å². The standard InChI is InChI=1S/C20H20O4/c1-2-3-4-5-14-6-8-15(9-7-14)20(22)23-17-10-11-18-16(12-17)13-19(21)24-18/h6-12H,2-5,13H2,1H3. The first-order chi connectivity index (χ1) is 11.7. The van der Waals surface area contributed by atoms with Crippen LogP contribution in [0.5, 0.6) is 11.5 Å². The highest BCUT2D eigenvalue weighted by molar-refractivity contribution is 5.91. The Bertz CT molecular complexity index is 747. The molecule has 3 rings (SSSR count). The SMILES string of the molecule is CCCCCc1ccc(C(=O)Oc2ccc3c(c2)CC(=O)O3)cc1. The van der Waals surface area contributed by atoms with E-state index < -0.39 is 5.97 Å². The Balaban J connectivity index is 1.63. The van der Waals surface area contributed by atoms with E-state index in [0.29, 0.717) is 17.1 Å². The van der Waals surface area contributed by atoms with Crippen LogP contribution in [0.2, 0.25) is 0 Å². The summed E-state index contributed by atoms with van der Waals surface area (Å²) in [5.74, 6) is 0.271. The predicted molar refractivity (Wildman–Crippen MR) is 90.4 cm³/mol. The summed E-state index contributed by atoms with van der Waals surface area (Å²) in [5, 5.41) is 0. The molecule has 0 saturated heterocycles. The lowest BCUT2D eigenvalue weighted by Crippen LogP contribution is -2.08. The van der Waals surface area contributed by atoms with E-state index in [1.807, 2.05) is 12.1 Å². The van der Waals surface area contributed by atoms with Crippen molar-refractivity contribution in [1.82, 2.24) is 0 Å². The second-order valence-electron chi connectivity index (χ2n) is 5.96. The topological polar surface area (TPSA) is 52.6 Å². The molecule has 0 saturated carbocycles. The molecule has 0 atom stereocenters. The van der Waals surface area contributed by atoms with Crippen LogP contribution >= 0.6 is 0 Å². The van der Waals surface area contributed by atoms with Crippen molar-refractivity contribution < 1.29 is 19.1 Å². The van der Waals surface area contributed by atoms with Gasteiger partial charge in [0.15, 0.2) is 0 Å². The van der Waals surface area contributed by atoms with Crippen LogP contribution in [-0.4, -0.2) is 11.9 Å². The predicted octanol–water partition coefficient (Wildman–Crippen LogP) is 4.10. The van der Waals surface area contributed by atoms with Crippen molar-refractivity contribution in [2.75, 3.05) is 0 Å². The lowest BCUT2D eigenvalue weighted by Gasteiger charge is -2.07. The fraction of sp³-hybridized carbons (Fsp3) is 0.300. The maximum absolute atomic E-state index is 12.2. The minimum atomic E-state index is -0.402. The Morgan fingerprint density at radius 1 is 1.12 bits per heavy atom. The molecule has 1 heterocycles. The molecule has 24 heavy (non-hydrogen) atoms. The monoisotopic (exact) mass is 324 g/mol. The zero-order valence-corrected chi connectivity index (χ0v) is 13.7. The summed E-state index contributed by atoms with van der Waals surface area (Å²) in [4.78, 5) is 23.5. The third-order valence-corrected chi connectivity index (χ3v) is 4.06. The van der Waals surface area contributed by atoms with Crippen LogP contribution in [0.3, 0.4) is 0 Å². The fourth-order valence-corrected chi connectivity index (χ4v) is 2.72. The third kappa shape index (κ3) is 3.82. The molecule has 124 valence electrons. The van der Waals surface area contributed by atoms with Gasteiger partial charge in [0.25, 0.3) is 0 Å². The summed E-state index contributed by atoms with van der Waals surface area (Å²) >= 11 is 0. The summed E-state index contributed by atoms with van der Waals surface area (Å²) < 4.78 is 10.4. The molecule has 4 heteroatoms. The normalized spacial score (nSPS) is 12.6. The number of unbranched alkanes of at least 4 members (excludes halogenated alkanes) is 2. The first kappa shape index (κ1) is 16.2. The zero-order chi connectivity index (χ0) is 16.9. The van der Waals surface area contributed by atoms with E-state index in [0.717, 1.165) is 18.4 Å². The Hall–Kier alpha value is -2.62. The Kier molecular flexibility index (Phi) is 4.94. The van der Waals surface area contributed by atoms with Crippen LogP contribution in [0, 0.1) is 0 Å². The lowest BCUT2D eigenvalue weighted by molar-refractivity contribution is -0.131. The Morgan fingerprint density at radius 3 is 2.67 bits per heavy atom. The van der Waals surface area contributed by atoms with Gasteiger partial charge in [-0.1, -0.05) is 31.9 Å². The van der Waals surface area contributed by atoms with Gasteiger partial charge in [-0.25, -0.2) is 4.79 Å². The van der Waals surface area contributed by atoms with E-state index in [9.17, 15) is 9.59 Å². The molecule has 1 aliphatic rings. The first-order valence-corrected chi connectivity index (χ1v) is 8.30. The van der Waals surface area contributed by atoms with E-state index in [2.05, 4.69) is 6.92 Å². The number of hydrogen-bond donors (Lipinski definition) is 0. The molecule has 0 aliphatic carbocycles. The molecule has 0 radical (unpaired) electrons. The van der Waals surface area contributed by atoms with Crippen molar-refractivity contribution in [2.24, 2.45) is 0 Å². The van der Waals surface area contributed by atoms with Crippen molar-refractivity contribution >= 4 is 11.9 Å². The Morgan fingerprint density at radius 2 is 1.92 bits per heavy atom. The molecule has 0 unspecified atom stereocenters. The molecule has 0 amide bonds. The second kappa shape index (κ2) is 7.30. The number of rotatable bonds is 6. The number of ether oxygens (including phenoxy) is 2. The number of carbonyl (C=O) groups excluding carboxylic acids is 2. The molecule has 2 aromatic rings. The van der Waals surface area contributed by atoms with Gasteiger partial charge in [0, 0.05) is 5.56 Å². The van der Waals surface area contributed by atoms with Crippen LogP contribution in [0.15, 0.2) is 42.5 Å². The fourth-order valence-electron chi connectivity index (χ4n) is 2.72. The second-order valence-corrected chi connectivity index (χ2v) is 5.96. The van der Waals surface area contributed by atoms with E-state index in [1.165, 1.54) is 18.4 Å². The average Bonchev–Trinajstić information content (AvgIpc) is 2.95. The molecule has 0 bridgehead atoms. The van der Waals surface area contributed by atoms with Crippen LogP contribution < -0.4 is 9.47 Å². The molecular formula is C20H20O4. The molecule has 0 aromatic heterocycles. The minimum absolute atomic E-state index is 0.215. The number of aryl methyl sites for hydroxylation is 1. The van der Waals surface area contributed by atoms with Crippen molar-refractivity contribution in [3.05, 3.63) is 59.2 Å². The van der Waals surface area contributed by atoms with Crippen molar-refractivity contribution in [3.8, 4) is 11.5 Å². The summed E-state index contributed by atoms with van der Waals surface area (Å²) in [6, 6.07) is 12.5. The number of fused-ring (bicyclic) bond motifs is 1. The number of carbonyl (C=O) groups is 2.